The molecular weight excluding hydrogens is 1270 g/mol. The van der Waals surface area contributed by atoms with Gasteiger partial charge in [0.2, 0.25) is 18.1 Å². The molecule has 4 amide bonds. The summed E-state index contributed by atoms with van der Waals surface area (Å²) in [5.74, 6) is -1.91. The van der Waals surface area contributed by atoms with Gasteiger partial charge < -0.3 is 44.2 Å². The van der Waals surface area contributed by atoms with Gasteiger partial charge in [-0.25, -0.2) is 40.2 Å². The van der Waals surface area contributed by atoms with Crippen molar-refractivity contribution in [1.82, 2.24) is 13.9 Å². The summed E-state index contributed by atoms with van der Waals surface area (Å²) in [7, 11) is -5.49. The van der Waals surface area contributed by atoms with E-state index in [1.165, 1.54) is 81.8 Å². The van der Waals surface area contributed by atoms with Crippen molar-refractivity contribution in [3.63, 3.8) is 0 Å². The number of hydrogen-bond donors (Lipinski definition) is 4. The van der Waals surface area contributed by atoms with Crippen molar-refractivity contribution < 1.29 is 74.3 Å². The molecule has 23 nitrogen and oxygen atoms in total. The van der Waals surface area contributed by atoms with Crippen LogP contribution in [0.3, 0.4) is 0 Å². The van der Waals surface area contributed by atoms with Crippen molar-refractivity contribution in [2.75, 3.05) is 51.2 Å². The highest BCUT2D eigenvalue weighted by Gasteiger charge is 2.43. The number of fused-ring (bicyclic) bond motifs is 2. The van der Waals surface area contributed by atoms with Crippen molar-refractivity contribution in [3.05, 3.63) is 215 Å². The van der Waals surface area contributed by atoms with E-state index in [2.05, 4.69) is 25.9 Å². The molecule has 2 aliphatic rings. The fourth-order valence-corrected chi connectivity index (χ4v) is 13.6. The Kier molecular flexibility index (Phi) is 22.2. The number of imide groups is 1. The number of para-hydroxylation sites is 4. The summed E-state index contributed by atoms with van der Waals surface area (Å²) in [6.45, 7) is 11.1. The average molecular weight is 1340 g/mol. The molecule has 0 radical (unpaired) electrons. The third-order valence-electron chi connectivity index (χ3n) is 15.0. The summed E-state index contributed by atoms with van der Waals surface area (Å²) >= 11 is 0. The monoisotopic (exact) mass is 1340 g/mol. The Morgan fingerprint density at radius 2 is 0.948 bits per heavy atom. The van der Waals surface area contributed by atoms with E-state index in [1.54, 1.807) is 72.8 Å². The van der Waals surface area contributed by atoms with E-state index >= 15 is 0 Å². The number of nitrogens with zero attached hydrogens (tertiary/aromatic N) is 4. The lowest BCUT2D eigenvalue weighted by molar-refractivity contribution is -0.121. The fraction of sp³-hybridized carbons (Fsp3) is 0.225. The predicted molar refractivity (Wildman–Crippen MR) is 362 cm³/mol. The number of benzene rings is 8. The maximum Gasteiger partial charge on any atom is 0.335 e. The lowest BCUT2D eigenvalue weighted by Gasteiger charge is -2.33. The molecule has 0 saturated heterocycles. The van der Waals surface area contributed by atoms with Gasteiger partial charge in [0.25, 0.3) is 37.8 Å². The molecule has 0 spiro atoms. The van der Waals surface area contributed by atoms with Crippen LogP contribution in [0.1, 0.15) is 68.3 Å². The van der Waals surface area contributed by atoms with Crippen LogP contribution in [-0.4, -0.2) is 125 Å². The topological polar surface area (TPSA) is 297 Å². The standard InChI is InChI=1S/C37H38N4O8S.C34H33N3O8S/c1-23-14-16-31(25(3)20-23)48-19-9-18-41-35(39-29-12-6-7-13-33(29)50(41,45)46)34(37(44)40-30-21-24(2)15-17-32(30)47-5)49-28-11-8-10-27(22-28)36(43)38-26(4)42;1-22-13-18-28(23(2)21-22)44-20-8-19-37-32(35-27-10-5-7-12-30(27)46(37,41)42)31(45-25-16-14-24(15-17-25)34(39)40)33(38)36-26-9-4-6-11-29(26)43-3/h6-8,10-17,20-22,34H,9,18-19H2,1-5H3,(H,40,44)(H,38,42,43);4-7,9-18,21,31H,8,19-20H2,1-3H3,(H,36,38)(H,39,40). The van der Waals surface area contributed by atoms with Crippen LogP contribution in [0.5, 0.6) is 34.5 Å². The van der Waals surface area contributed by atoms with Gasteiger partial charge in [0, 0.05) is 38.4 Å². The second-order valence-corrected chi connectivity index (χ2v) is 25.9. The number of carbonyl (C=O) groups excluding carboxylic acids is 4. The third-order valence-corrected chi connectivity index (χ3v) is 18.7. The molecule has 2 atom stereocenters. The Hall–Kier alpha value is -11.1. The van der Waals surface area contributed by atoms with Gasteiger partial charge >= 0.3 is 5.97 Å². The second kappa shape index (κ2) is 30.8. The first kappa shape index (κ1) is 69.3. The van der Waals surface area contributed by atoms with Gasteiger partial charge in [-0.2, -0.15) is 0 Å². The molecule has 2 unspecified atom stereocenters. The molecule has 8 aromatic rings. The molecule has 0 fully saturated rings. The van der Waals surface area contributed by atoms with Crippen LogP contribution in [0, 0.1) is 34.6 Å². The summed E-state index contributed by atoms with van der Waals surface area (Å²) in [6, 6.07) is 47.3. The summed E-state index contributed by atoms with van der Waals surface area (Å²) in [5.41, 5.74) is 5.96. The number of aliphatic imine (C=N–C) groups is 2. The number of hydrogen-bond acceptors (Lipinski definition) is 17. The van der Waals surface area contributed by atoms with Crippen LogP contribution in [0.2, 0.25) is 0 Å². The van der Waals surface area contributed by atoms with E-state index in [4.69, 9.17) is 28.4 Å². The number of sulfonamides is 2. The van der Waals surface area contributed by atoms with E-state index in [0.29, 0.717) is 34.4 Å². The predicted octanol–water partition coefficient (Wildman–Crippen LogP) is 11.1. The minimum atomic E-state index is -4.23. The number of carbonyl (C=O) groups is 5. The van der Waals surface area contributed by atoms with Gasteiger partial charge in [0.15, 0.2) is 11.7 Å². The van der Waals surface area contributed by atoms with E-state index in [0.717, 1.165) is 36.4 Å². The van der Waals surface area contributed by atoms with Crippen molar-refractivity contribution in [2.24, 2.45) is 9.98 Å². The van der Waals surface area contributed by atoms with E-state index in [9.17, 15) is 45.9 Å². The molecule has 498 valence electrons. The number of carboxylic acid groups (broad SMARTS) is 1. The molecule has 0 aromatic heterocycles. The minimum Gasteiger partial charge on any atom is -0.495 e. The largest absolute Gasteiger partial charge is 0.495 e. The zero-order valence-electron chi connectivity index (χ0n) is 53.8. The van der Waals surface area contributed by atoms with Gasteiger partial charge in [-0.15, -0.1) is 0 Å². The van der Waals surface area contributed by atoms with E-state index in [-0.39, 0.29) is 94.6 Å². The SMILES string of the molecule is COc1ccc(C)cc1NC(=O)C(Oc1cccc(C(=O)NC(C)=O)c1)C1=Nc2ccccc2S(=O)(=O)N1CCCOc1ccc(C)cc1C.COc1ccccc1NC(=O)C(Oc1ccc(C(=O)O)cc1)C1=Nc2ccccc2S(=O)(=O)N1CCCOc1ccc(C)cc1C. The molecule has 0 aliphatic carbocycles. The Morgan fingerprint density at radius 3 is 1.45 bits per heavy atom. The van der Waals surface area contributed by atoms with Gasteiger partial charge in [0.1, 0.15) is 44.3 Å². The molecule has 25 heteroatoms. The Bertz CT molecular complexity index is 4540. The molecule has 4 N–H and O–H groups in total. The molecule has 2 heterocycles. The Balaban J connectivity index is 0.000000226. The maximum absolute atomic E-state index is 14.3. The van der Waals surface area contributed by atoms with Crippen molar-refractivity contribution in [2.45, 2.75) is 76.4 Å². The van der Waals surface area contributed by atoms with Gasteiger partial charge in [-0.3, -0.25) is 24.5 Å². The molecule has 2 aliphatic heterocycles. The summed E-state index contributed by atoms with van der Waals surface area (Å²) in [4.78, 5) is 73.1. The number of methoxy groups -OCH3 is 2. The molecule has 0 saturated carbocycles. The number of rotatable bonds is 24. The number of aryl methyl sites for hydroxylation is 5. The van der Waals surface area contributed by atoms with Gasteiger partial charge in [-0.1, -0.05) is 83.9 Å². The number of ether oxygens (including phenoxy) is 6. The molecule has 0 bridgehead atoms. The fourth-order valence-electron chi connectivity index (χ4n) is 10.3. The lowest BCUT2D eigenvalue weighted by Crippen LogP contribution is -2.52. The van der Waals surface area contributed by atoms with Crippen molar-refractivity contribution >= 4 is 84.1 Å². The number of amidine groups is 2. The summed E-state index contributed by atoms with van der Waals surface area (Å²) in [6.07, 6.45) is -2.71. The first-order valence-corrected chi connectivity index (χ1v) is 33.1. The van der Waals surface area contributed by atoms with Crippen LogP contribution in [-0.2, 0) is 34.4 Å². The molecule has 8 aromatic carbocycles. The highest BCUT2D eigenvalue weighted by molar-refractivity contribution is 7.90. The summed E-state index contributed by atoms with van der Waals surface area (Å²) < 4.78 is 93.8. The number of amides is 4. The number of anilines is 2. The number of nitrogens with one attached hydrogen (secondary N) is 3. The van der Waals surface area contributed by atoms with Crippen LogP contribution in [0.4, 0.5) is 22.7 Å². The van der Waals surface area contributed by atoms with Gasteiger partial charge in [-0.05, 0) is 154 Å². The first-order valence-electron chi connectivity index (χ1n) is 30.2. The molecule has 10 rings (SSSR count). The summed E-state index contributed by atoms with van der Waals surface area (Å²) in [5, 5.41) is 17.1. The smallest absolute Gasteiger partial charge is 0.335 e. The number of aromatic carboxylic acids is 1. The van der Waals surface area contributed by atoms with Crippen molar-refractivity contribution in [3.8, 4) is 34.5 Å². The van der Waals surface area contributed by atoms with E-state index < -0.39 is 61.9 Å². The molecular formula is C71H71N7O16S2. The minimum absolute atomic E-state index is 0.0104. The number of carboxylic acids is 1. The maximum atomic E-state index is 14.3. The average Bonchev–Trinajstić information content (AvgIpc) is 0.755. The lowest BCUT2D eigenvalue weighted by atomic mass is 10.1. The van der Waals surface area contributed by atoms with Crippen LogP contribution in [0.15, 0.2) is 196 Å². The first-order chi connectivity index (χ1) is 45.9. The quantitative estimate of drug-likeness (QED) is 0.0409. The van der Waals surface area contributed by atoms with Crippen LogP contribution < -0.4 is 44.4 Å². The Morgan fingerprint density at radius 1 is 0.490 bits per heavy atom. The van der Waals surface area contributed by atoms with Crippen LogP contribution >= 0.6 is 0 Å². The Labute approximate surface area is 556 Å². The normalized spacial score (nSPS) is 13.8. The highest BCUT2D eigenvalue weighted by Crippen LogP contribution is 2.37. The zero-order valence-corrected chi connectivity index (χ0v) is 55.4. The highest BCUT2D eigenvalue weighted by atomic mass is 32.2. The third kappa shape index (κ3) is 16.6. The zero-order chi connectivity index (χ0) is 68.8. The van der Waals surface area contributed by atoms with Gasteiger partial charge in [0.05, 0.1) is 55.7 Å². The second-order valence-electron chi connectivity index (χ2n) is 22.2. The van der Waals surface area contributed by atoms with Crippen LogP contribution in [0.25, 0.3) is 0 Å². The molecule has 96 heavy (non-hydrogen) atoms. The van der Waals surface area contributed by atoms with Crippen molar-refractivity contribution in [1.29, 1.82) is 0 Å². The van der Waals surface area contributed by atoms with E-state index in [1.807, 2.05) is 77.1 Å².